The molecular weight excluding hydrogens is 506 g/mol. The van der Waals surface area contributed by atoms with Gasteiger partial charge in [-0.05, 0) is 42.2 Å². The van der Waals surface area contributed by atoms with E-state index in [0.29, 0.717) is 13.0 Å². The molecule has 1 atom stereocenters. The van der Waals surface area contributed by atoms with Crippen molar-refractivity contribution >= 4 is 41.5 Å². The van der Waals surface area contributed by atoms with E-state index in [1.54, 1.807) is 19.2 Å². The minimum Gasteiger partial charge on any atom is -0.356 e. The summed E-state index contributed by atoms with van der Waals surface area (Å²) in [6.07, 6.45) is 4.98. The Morgan fingerprint density at radius 1 is 1.13 bits per heavy atom. The Bertz CT molecular complexity index is 925. The molecule has 2 aliphatic rings. The summed E-state index contributed by atoms with van der Waals surface area (Å²) in [5.41, 5.74) is 3.23. The lowest BCUT2D eigenvalue weighted by Gasteiger charge is -2.31. The number of fused-ring (bicyclic) bond motifs is 1. The minimum absolute atomic E-state index is 0. The summed E-state index contributed by atoms with van der Waals surface area (Å²) in [5, 5.41) is 9.83. The Labute approximate surface area is 200 Å². The Morgan fingerprint density at radius 2 is 1.84 bits per heavy atom. The van der Waals surface area contributed by atoms with Gasteiger partial charge >= 0.3 is 0 Å². The highest BCUT2D eigenvalue weighted by atomic mass is 127. The standard InChI is InChI=1S/C24H29FN4O.HI/c1-26-23(27-15-17-14-22(30)29-21-7-3-2-6-20(17)21)28-16-24(12-4-5-13-24)18-8-10-19(25)11-9-18;/h2-3,6-11,17H,4-5,12-16H2,1H3,(H,29,30)(H2,26,27,28);1H. The second-order valence-corrected chi connectivity index (χ2v) is 8.34. The third-order valence-corrected chi connectivity index (χ3v) is 6.46. The van der Waals surface area contributed by atoms with E-state index < -0.39 is 0 Å². The molecule has 31 heavy (non-hydrogen) atoms. The first-order valence-electron chi connectivity index (χ1n) is 10.7. The summed E-state index contributed by atoms with van der Waals surface area (Å²) in [4.78, 5) is 16.4. The fourth-order valence-electron chi connectivity index (χ4n) is 4.80. The van der Waals surface area contributed by atoms with Crippen LogP contribution in [0.25, 0.3) is 0 Å². The van der Waals surface area contributed by atoms with Gasteiger partial charge in [0.1, 0.15) is 5.82 Å². The Balaban J connectivity index is 0.00000272. The number of anilines is 1. The van der Waals surface area contributed by atoms with Gasteiger partial charge < -0.3 is 16.0 Å². The molecule has 166 valence electrons. The van der Waals surface area contributed by atoms with Gasteiger partial charge in [0.15, 0.2) is 5.96 Å². The lowest BCUT2D eigenvalue weighted by Crippen LogP contribution is -2.46. The van der Waals surface area contributed by atoms with Crippen LogP contribution in [0, 0.1) is 5.82 Å². The highest BCUT2D eigenvalue weighted by molar-refractivity contribution is 14.0. The van der Waals surface area contributed by atoms with Crippen LogP contribution in [0.2, 0.25) is 0 Å². The normalized spacial score (nSPS) is 19.7. The molecule has 1 heterocycles. The summed E-state index contributed by atoms with van der Waals surface area (Å²) in [6, 6.07) is 14.9. The average molecular weight is 536 g/mol. The average Bonchev–Trinajstić information content (AvgIpc) is 3.24. The number of halogens is 2. The molecule has 0 spiro atoms. The second kappa shape index (κ2) is 10.4. The summed E-state index contributed by atoms with van der Waals surface area (Å²) in [7, 11) is 1.76. The fraction of sp³-hybridized carbons (Fsp3) is 0.417. The number of benzene rings is 2. The number of hydrogen-bond donors (Lipinski definition) is 3. The lowest BCUT2D eigenvalue weighted by molar-refractivity contribution is -0.116. The zero-order valence-corrected chi connectivity index (χ0v) is 20.1. The van der Waals surface area contributed by atoms with Crippen LogP contribution in [0.1, 0.15) is 49.1 Å². The number of rotatable bonds is 5. The van der Waals surface area contributed by atoms with Crippen molar-refractivity contribution < 1.29 is 9.18 Å². The maximum Gasteiger partial charge on any atom is 0.225 e. The predicted octanol–water partition coefficient (Wildman–Crippen LogP) is 4.55. The highest BCUT2D eigenvalue weighted by Gasteiger charge is 2.35. The van der Waals surface area contributed by atoms with Gasteiger partial charge in [0, 0.05) is 43.6 Å². The van der Waals surface area contributed by atoms with Crippen LogP contribution >= 0.6 is 24.0 Å². The van der Waals surface area contributed by atoms with Crippen LogP contribution in [-0.2, 0) is 10.2 Å². The minimum atomic E-state index is -0.200. The van der Waals surface area contributed by atoms with Crippen molar-refractivity contribution in [2.24, 2.45) is 4.99 Å². The van der Waals surface area contributed by atoms with Gasteiger partial charge in [0.25, 0.3) is 0 Å². The Hall–Kier alpha value is -2.16. The van der Waals surface area contributed by atoms with Gasteiger partial charge in [-0.25, -0.2) is 4.39 Å². The number of amides is 1. The van der Waals surface area contributed by atoms with Crippen LogP contribution in [0.3, 0.4) is 0 Å². The lowest BCUT2D eigenvalue weighted by atomic mass is 9.79. The molecule has 4 rings (SSSR count). The quantitative estimate of drug-likeness (QED) is 0.299. The topological polar surface area (TPSA) is 65.5 Å². The van der Waals surface area contributed by atoms with Gasteiger partial charge in [0.05, 0.1) is 0 Å². The molecule has 3 N–H and O–H groups in total. The van der Waals surface area contributed by atoms with Gasteiger partial charge in [-0.2, -0.15) is 0 Å². The van der Waals surface area contributed by atoms with E-state index in [-0.39, 0.29) is 47.0 Å². The number of nitrogens with zero attached hydrogens (tertiary/aromatic N) is 1. The Morgan fingerprint density at radius 3 is 2.55 bits per heavy atom. The molecule has 1 unspecified atom stereocenters. The maximum absolute atomic E-state index is 13.4. The molecule has 0 aromatic heterocycles. The number of hydrogen-bond acceptors (Lipinski definition) is 2. The van der Waals surface area contributed by atoms with Crippen molar-refractivity contribution in [2.45, 2.75) is 43.4 Å². The molecule has 2 aromatic rings. The molecule has 0 saturated heterocycles. The zero-order chi connectivity index (χ0) is 21.0. The van der Waals surface area contributed by atoms with Crippen molar-refractivity contribution in [1.29, 1.82) is 0 Å². The number of para-hydroxylation sites is 1. The van der Waals surface area contributed by atoms with Gasteiger partial charge in [-0.3, -0.25) is 9.79 Å². The van der Waals surface area contributed by atoms with E-state index in [1.807, 2.05) is 30.3 Å². The first-order valence-corrected chi connectivity index (χ1v) is 10.7. The summed E-state index contributed by atoms with van der Waals surface area (Å²) in [5.74, 6) is 0.677. The molecule has 0 radical (unpaired) electrons. The molecule has 1 saturated carbocycles. The van der Waals surface area contributed by atoms with Crippen LogP contribution in [0.5, 0.6) is 0 Å². The monoisotopic (exact) mass is 536 g/mol. The summed E-state index contributed by atoms with van der Waals surface area (Å²) in [6.45, 7) is 1.38. The Kier molecular flexibility index (Phi) is 7.91. The molecule has 1 aliphatic heterocycles. The largest absolute Gasteiger partial charge is 0.356 e. The number of nitrogens with one attached hydrogen (secondary N) is 3. The van der Waals surface area contributed by atoms with Gasteiger partial charge in [0.2, 0.25) is 5.91 Å². The third-order valence-electron chi connectivity index (χ3n) is 6.46. The van der Waals surface area contributed by atoms with Crippen molar-refractivity contribution in [1.82, 2.24) is 10.6 Å². The molecule has 2 aromatic carbocycles. The molecule has 1 fully saturated rings. The van der Waals surface area contributed by atoms with E-state index in [9.17, 15) is 9.18 Å². The summed E-state index contributed by atoms with van der Waals surface area (Å²) < 4.78 is 13.4. The van der Waals surface area contributed by atoms with Crippen molar-refractivity contribution in [3.63, 3.8) is 0 Å². The van der Waals surface area contributed by atoms with Gasteiger partial charge in [-0.1, -0.05) is 43.2 Å². The van der Waals surface area contributed by atoms with Crippen LogP contribution in [-0.4, -0.2) is 32.0 Å². The van der Waals surface area contributed by atoms with E-state index in [4.69, 9.17) is 0 Å². The number of carbonyl (C=O) groups is 1. The molecule has 1 aliphatic carbocycles. The number of aliphatic imine (C=N–C) groups is 1. The highest BCUT2D eigenvalue weighted by Crippen LogP contribution is 2.40. The molecule has 1 amide bonds. The van der Waals surface area contributed by atoms with Gasteiger partial charge in [-0.15, -0.1) is 24.0 Å². The second-order valence-electron chi connectivity index (χ2n) is 8.34. The first-order chi connectivity index (χ1) is 14.6. The first kappa shape index (κ1) is 23.5. The zero-order valence-electron chi connectivity index (χ0n) is 17.8. The number of carbonyl (C=O) groups excluding carboxylic acids is 1. The predicted molar refractivity (Wildman–Crippen MR) is 134 cm³/mol. The molecule has 7 heteroatoms. The molecular formula is C24H30FIN4O. The van der Waals surface area contributed by atoms with Crippen molar-refractivity contribution in [3.05, 3.63) is 65.5 Å². The van der Waals surface area contributed by atoms with E-state index in [2.05, 4.69) is 27.0 Å². The SMILES string of the molecule is CN=C(NCC1CC(=O)Nc2ccccc21)NCC1(c2ccc(F)cc2)CCCC1.I. The molecule has 5 nitrogen and oxygen atoms in total. The third kappa shape index (κ3) is 5.37. The van der Waals surface area contributed by atoms with Crippen LogP contribution < -0.4 is 16.0 Å². The smallest absolute Gasteiger partial charge is 0.225 e. The van der Waals surface area contributed by atoms with Crippen LogP contribution in [0.4, 0.5) is 10.1 Å². The number of guanidine groups is 1. The van der Waals surface area contributed by atoms with E-state index in [1.165, 1.54) is 18.4 Å². The van der Waals surface area contributed by atoms with Crippen molar-refractivity contribution in [3.8, 4) is 0 Å². The fourth-order valence-corrected chi connectivity index (χ4v) is 4.80. The van der Waals surface area contributed by atoms with Crippen LogP contribution in [0.15, 0.2) is 53.5 Å². The van der Waals surface area contributed by atoms with E-state index in [0.717, 1.165) is 36.6 Å². The van der Waals surface area contributed by atoms with E-state index >= 15 is 0 Å². The maximum atomic E-state index is 13.4. The van der Waals surface area contributed by atoms with Crippen molar-refractivity contribution in [2.75, 3.05) is 25.5 Å². The molecule has 0 bridgehead atoms. The summed E-state index contributed by atoms with van der Waals surface area (Å²) >= 11 is 0.